The van der Waals surface area contributed by atoms with E-state index in [1.165, 1.54) is 11.3 Å². The monoisotopic (exact) mass is 293 g/mol. The van der Waals surface area contributed by atoms with Gasteiger partial charge in [0.2, 0.25) is 11.8 Å². The van der Waals surface area contributed by atoms with E-state index in [1.807, 2.05) is 10.3 Å². The molecule has 2 amide bonds. The molecule has 1 aromatic rings. The number of amides is 2. The van der Waals surface area contributed by atoms with E-state index in [1.54, 1.807) is 0 Å². The van der Waals surface area contributed by atoms with Crippen molar-refractivity contribution in [2.75, 3.05) is 11.9 Å². The maximum absolute atomic E-state index is 12.2. The van der Waals surface area contributed by atoms with Crippen molar-refractivity contribution in [3.05, 3.63) is 11.1 Å². The van der Waals surface area contributed by atoms with Crippen molar-refractivity contribution in [3.63, 3.8) is 0 Å². The van der Waals surface area contributed by atoms with E-state index < -0.39 is 0 Å². The second-order valence-corrected chi connectivity index (χ2v) is 6.76. The molecular formula is C14H19N3O2S. The summed E-state index contributed by atoms with van der Waals surface area (Å²) >= 11 is 1.44. The van der Waals surface area contributed by atoms with Gasteiger partial charge in [0.05, 0.1) is 11.6 Å². The SMILES string of the molecule is CC(C)c1csc(NC(=O)[C@H]2CC(=O)N(C3CC3)C2)n1. The highest BCUT2D eigenvalue weighted by atomic mass is 32.1. The fourth-order valence-corrected chi connectivity index (χ4v) is 3.34. The number of likely N-dealkylation sites (tertiary alicyclic amines) is 1. The minimum absolute atomic E-state index is 0.0776. The van der Waals surface area contributed by atoms with Gasteiger partial charge in [-0.2, -0.15) is 0 Å². The summed E-state index contributed by atoms with van der Waals surface area (Å²) in [6.07, 6.45) is 2.51. The second kappa shape index (κ2) is 5.16. The van der Waals surface area contributed by atoms with Gasteiger partial charge in [-0.25, -0.2) is 4.98 Å². The summed E-state index contributed by atoms with van der Waals surface area (Å²) in [7, 11) is 0. The van der Waals surface area contributed by atoms with Crippen LogP contribution in [0.3, 0.4) is 0 Å². The van der Waals surface area contributed by atoms with Crippen LogP contribution in [0.5, 0.6) is 0 Å². The fourth-order valence-electron chi connectivity index (χ4n) is 2.46. The average Bonchev–Trinajstić information content (AvgIpc) is 2.99. The molecule has 0 bridgehead atoms. The van der Waals surface area contributed by atoms with Gasteiger partial charge in [-0.15, -0.1) is 11.3 Å². The molecule has 0 unspecified atom stereocenters. The number of anilines is 1. The molecule has 0 spiro atoms. The van der Waals surface area contributed by atoms with Gasteiger partial charge in [-0.1, -0.05) is 13.8 Å². The number of rotatable bonds is 4. The quantitative estimate of drug-likeness (QED) is 0.926. The van der Waals surface area contributed by atoms with Crippen LogP contribution in [0.2, 0.25) is 0 Å². The predicted molar refractivity (Wildman–Crippen MR) is 77.7 cm³/mol. The van der Waals surface area contributed by atoms with E-state index >= 15 is 0 Å². The predicted octanol–water partition coefficient (Wildman–Crippen LogP) is 2.22. The Morgan fingerprint density at radius 1 is 1.50 bits per heavy atom. The Kier molecular flexibility index (Phi) is 3.50. The molecular weight excluding hydrogens is 274 g/mol. The lowest BCUT2D eigenvalue weighted by atomic mass is 10.1. The molecule has 20 heavy (non-hydrogen) atoms. The molecule has 108 valence electrons. The third-order valence-electron chi connectivity index (χ3n) is 3.86. The molecule has 0 radical (unpaired) electrons. The largest absolute Gasteiger partial charge is 0.339 e. The Morgan fingerprint density at radius 3 is 2.85 bits per heavy atom. The van der Waals surface area contributed by atoms with Crippen LogP contribution in [-0.4, -0.2) is 34.3 Å². The van der Waals surface area contributed by atoms with Crippen LogP contribution >= 0.6 is 11.3 Å². The Bertz CT molecular complexity index is 536. The van der Waals surface area contributed by atoms with E-state index in [9.17, 15) is 9.59 Å². The van der Waals surface area contributed by atoms with E-state index in [0.717, 1.165) is 18.5 Å². The third kappa shape index (κ3) is 2.70. The van der Waals surface area contributed by atoms with Crippen molar-refractivity contribution in [1.29, 1.82) is 0 Å². The Labute approximate surface area is 122 Å². The van der Waals surface area contributed by atoms with Gasteiger partial charge in [-0.05, 0) is 18.8 Å². The number of nitrogens with one attached hydrogen (secondary N) is 1. The Hall–Kier alpha value is -1.43. The van der Waals surface area contributed by atoms with Crippen molar-refractivity contribution in [2.24, 2.45) is 5.92 Å². The lowest BCUT2D eigenvalue weighted by molar-refractivity contribution is -0.128. The molecule has 1 aromatic heterocycles. The summed E-state index contributed by atoms with van der Waals surface area (Å²) in [5, 5.41) is 5.45. The first kappa shape index (κ1) is 13.5. The second-order valence-electron chi connectivity index (χ2n) is 5.90. The van der Waals surface area contributed by atoms with Gasteiger partial charge in [0.15, 0.2) is 5.13 Å². The minimum Gasteiger partial charge on any atom is -0.339 e. The number of nitrogens with zero attached hydrogens (tertiary/aromatic N) is 2. The number of hydrogen-bond acceptors (Lipinski definition) is 4. The molecule has 1 N–H and O–H groups in total. The lowest BCUT2D eigenvalue weighted by Crippen LogP contribution is -2.29. The third-order valence-corrected chi connectivity index (χ3v) is 4.64. The summed E-state index contributed by atoms with van der Waals surface area (Å²) in [5.74, 6) is 0.172. The van der Waals surface area contributed by atoms with Gasteiger partial charge in [0, 0.05) is 24.4 Å². The highest BCUT2D eigenvalue weighted by Crippen LogP contribution is 2.33. The maximum Gasteiger partial charge on any atom is 0.231 e. The summed E-state index contributed by atoms with van der Waals surface area (Å²) < 4.78 is 0. The summed E-state index contributed by atoms with van der Waals surface area (Å²) in [4.78, 5) is 30.3. The van der Waals surface area contributed by atoms with Crippen LogP contribution in [0.15, 0.2) is 5.38 Å². The Balaban J connectivity index is 1.60. The van der Waals surface area contributed by atoms with Crippen molar-refractivity contribution >= 4 is 28.3 Å². The molecule has 2 fully saturated rings. The lowest BCUT2D eigenvalue weighted by Gasteiger charge is -2.14. The normalized spacial score (nSPS) is 22.6. The molecule has 1 saturated carbocycles. The fraction of sp³-hybridized carbons (Fsp3) is 0.643. The van der Waals surface area contributed by atoms with Gasteiger partial charge < -0.3 is 10.2 Å². The van der Waals surface area contributed by atoms with Gasteiger partial charge in [0.25, 0.3) is 0 Å². The van der Waals surface area contributed by atoms with Crippen LogP contribution < -0.4 is 5.32 Å². The molecule has 2 aliphatic rings. The summed E-state index contributed by atoms with van der Waals surface area (Å²) in [5.41, 5.74) is 0.993. The van der Waals surface area contributed by atoms with Crippen LogP contribution in [0, 0.1) is 5.92 Å². The molecule has 0 aromatic carbocycles. The zero-order valence-corrected chi connectivity index (χ0v) is 12.6. The molecule has 6 heteroatoms. The zero-order valence-electron chi connectivity index (χ0n) is 11.8. The molecule has 1 aliphatic heterocycles. The molecule has 5 nitrogen and oxygen atoms in total. The summed E-state index contributed by atoms with van der Waals surface area (Å²) in [6, 6.07) is 0.396. The zero-order chi connectivity index (χ0) is 14.3. The van der Waals surface area contributed by atoms with Gasteiger partial charge in [0.1, 0.15) is 0 Å². The topological polar surface area (TPSA) is 62.3 Å². The van der Waals surface area contributed by atoms with E-state index in [2.05, 4.69) is 24.1 Å². The average molecular weight is 293 g/mol. The molecule has 1 atom stereocenters. The number of carbonyl (C=O) groups excluding carboxylic acids is 2. The molecule has 1 aliphatic carbocycles. The van der Waals surface area contributed by atoms with Gasteiger partial charge >= 0.3 is 0 Å². The highest BCUT2D eigenvalue weighted by molar-refractivity contribution is 7.13. The first-order valence-corrected chi connectivity index (χ1v) is 7.98. The van der Waals surface area contributed by atoms with Crippen LogP contribution in [0.4, 0.5) is 5.13 Å². The van der Waals surface area contributed by atoms with Crippen molar-refractivity contribution in [1.82, 2.24) is 9.88 Å². The van der Waals surface area contributed by atoms with Crippen molar-refractivity contribution in [3.8, 4) is 0 Å². The maximum atomic E-state index is 12.2. The smallest absolute Gasteiger partial charge is 0.231 e. The summed E-state index contributed by atoms with van der Waals surface area (Å²) in [6.45, 7) is 4.71. The molecule has 1 saturated heterocycles. The van der Waals surface area contributed by atoms with Crippen LogP contribution in [0.1, 0.15) is 44.7 Å². The van der Waals surface area contributed by atoms with E-state index in [0.29, 0.717) is 30.1 Å². The Morgan fingerprint density at radius 2 is 2.25 bits per heavy atom. The highest BCUT2D eigenvalue weighted by Gasteiger charge is 2.41. The van der Waals surface area contributed by atoms with Crippen molar-refractivity contribution in [2.45, 2.75) is 45.1 Å². The number of thiazole rings is 1. The molecule has 3 rings (SSSR count). The first-order valence-electron chi connectivity index (χ1n) is 7.10. The van der Waals surface area contributed by atoms with Crippen molar-refractivity contribution < 1.29 is 9.59 Å². The van der Waals surface area contributed by atoms with Crippen LogP contribution in [0.25, 0.3) is 0 Å². The number of aromatic nitrogens is 1. The minimum atomic E-state index is -0.227. The van der Waals surface area contributed by atoms with E-state index in [4.69, 9.17) is 0 Å². The van der Waals surface area contributed by atoms with Crippen LogP contribution in [-0.2, 0) is 9.59 Å². The standard InChI is InChI=1S/C14H19N3O2S/c1-8(2)11-7-20-14(15-11)16-13(19)9-5-12(18)17(6-9)10-3-4-10/h7-10H,3-6H2,1-2H3,(H,15,16,19)/t9-/m0/s1. The number of carbonyl (C=O) groups is 2. The van der Waals surface area contributed by atoms with E-state index in [-0.39, 0.29) is 17.7 Å². The van der Waals surface area contributed by atoms with Gasteiger partial charge in [-0.3, -0.25) is 9.59 Å². The first-order chi connectivity index (χ1) is 9.54. The molecule has 2 heterocycles. The number of hydrogen-bond donors (Lipinski definition) is 1.